The van der Waals surface area contributed by atoms with Crippen LogP contribution in [-0.2, 0) is 4.79 Å². The molecular formula is C21H26N2O2. The molecule has 1 aromatic carbocycles. The van der Waals surface area contributed by atoms with Crippen LogP contribution < -0.4 is 5.01 Å². The van der Waals surface area contributed by atoms with E-state index in [0.29, 0.717) is 17.8 Å². The van der Waals surface area contributed by atoms with E-state index in [2.05, 4.69) is 22.2 Å². The Hall–Kier alpha value is -1.55. The first-order valence-corrected chi connectivity index (χ1v) is 9.79. The molecule has 1 aromatic rings. The zero-order valence-corrected chi connectivity index (χ0v) is 15.0. The van der Waals surface area contributed by atoms with Crippen molar-refractivity contribution in [2.75, 3.05) is 5.01 Å². The molecule has 1 saturated heterocycles. The van der Waals surface area contributed by atoms with Crippen molar-refractivity contribution in [3.05, 3.63) is 30.3 Å². The summed E-state index contributed by atoms with van der Waals surface area (Å²) in [5, 5.41) is 15.4. The predicted octanol–water partition coefficient (Wildman–Crippen LogP) is 2.97. The Balaban J connectivity index is 1.40. The highest BCUT2D eigenvalue weighted by molar-refractivity contribution is 5.98. The fourth-order valence-corrected chi connectivity index (χ4v) is 7.60. The Labute approximate surface area is 148 Å². The van der Waals surface area contributed by atoms with Crippen molar-refractivity contribution < 1.29 is 9.90 Å². The van der Waals surface area contributed by atoms with Crippen molar-refractivity contribution in [1.29, 1.82) is 0 Å². The van der Waals surface area contributed by atoms with Gasteiger partial charge in [-0.05, 0) is 75.8 Å². The largest absolute Gasteiger partial charge is 0.389 e. The SMILES string of the molecule is CC1(C)C(=O)N([C@H]2C3CC4C[C@@]5(O)CC2CC45C3)N1c1ccccc1. The van der Waals surface area contributed by atoms with Crippen LogP contribution in [0.2, 0.25) is 0 Å². The topological polar surface area (TPSA) is 43.8 Å². The molecule has 0 aromatic heterocycles. The maximum atomic E-state index is 13.1. The van der Waals surface area contributed by atoms with E-state index in [1.54, 1.807) is 0 Å². The minimum Gasteiger partial charge on any atom is -0.389 e. The molecule has 4 nitrogen and oxygen atoms in total. The Morgan fingerprint density at radius 3 is 2.52 bits per heavy atom. The summed E-state index contributed by atoms with van der Waals surface area (Å²) < 4.78 is 0. The summed E-state index contributed by atoms with van der Waals surface area (Å²) in [5.41, 5.74) is 0.406. The summed E-state index contributed by atoms with van der Waals surface area (Å²) in [7, 11) is 0. The molecule has 4 aliphatic carbocycles. The Morgan fingerprint density at radius 2 is 1.76 bits per heavy atom. The lowest BCUT2D eigenvalue weighted by molar-refractivity contribution is -0.176. The second-order valence-corrected chi connectivity index (χ2v) is 9.80. The molecular weight excluding hydrogens is 312 g/mol. The Kier molecular flexibility index (Phi) is 2.37. The number of hydrogen-bond acceptors (Lipinski definition) is 3. The molecule has 1 heterocycles. The van der Waals surface area contributed by atoms with Crippen LogP contribution in [0.4, 0.5) is 5.69 Å². The van der Waals surface area contributed by atoms with Gasteiger partial charge in [-0.25, -0.2) is 5.01 Å². The van der Waals surface area contributed by atoms with Gasteiger partial charge in [0.1, 0.15) is 5.54 Å². The van der Waals surface area contributed by atoms with E-state index in [-0.39, 0.29) is 17.4 Å². The lowest BCUT2D eigenvalue weighted by Gasteiger charge is -2.61. The van der Waals surface area contributed by atoms with Crippen LogP contribution >= 0.6 is 0 Å². The first kappa shape index (κ1) is 14.6. The molecule has 1 amide bonds. The lowest BCUT2D eigenvalue weighted by atomic mass is 9.53. The number of hydrogen-bond donors (Lipinski definition) is 1. The van der Waals surface area contributed by atoms with Crippen LogP contribution in [0.1, 0.15) is 46.0 Å². The molecule has 6 atom stereocenters. The summed E-state index contributed by atoms with van der Waals surface area (Å²) in [6, 6.07) is 10.6. The Morgan fingerprint density at radius 1 is 1.04 bits per heavy atom. The average Bonchev–Trinajstić information content (AvgIpc) is 2.93. The molecule has 5 aliphatic rings. The van der Waals surface area contributed by atoms with E-state index in [4.69, 9.17) is 0 Å². The smallest absolute Gasteiger partial charge is 0.268 e. The fraction of sp³-hybridized carbons (Fsp3) is 0.667. The zero-order chi connectivity index (χ0) is 17.2. The van der Waals surface area contributed by atoms with Gasteiger partial charge < -0.3 is 5.11 Å². The van der Waals surface area contributed by atoms with Gasteiger partial charge in [0.05, 0.1) is 17.3 Å². The van der Waals surface area contributed by atoms with Crippen LogP contribution in [0, 0.1) is 23.2 Å². The third-order valence-corrected chi connectivity index (χ3v) is 8.46. The number of nitrogens with zero attached hydrogens (tertiary/aromatic N) is 2. The van der Waals surface area contributed by atoms with Crippen LogP contribution in [0.25, 0.3) is 0 Å². The van der Waals surface area contributed by atoms with Gasteiger partial charge in [-0.1, -0.05) is 18.2 Å². The van der Waals surface area contributed by atoms with Crippen LogP contribution in [0.5, 0.6) is 0 Å². The summed E-state index contributed by atoms with van der Waals surface area (Å²) in [5.74, 6) is 1.97. The monoisotopic (exact) mass is 338 g/mol. The fourth-order valence-electron chi connectivity index (χ4n) is 7.60. The molecule has 4 unspecified atom stereocenters. The minimum absolute atomic E-state index is 0.208. The summed E-state index contributed by atoms with van der Waals surface area (Å²) in [4.78, 5) is 13.1. The molecule has 4 saturated carbocycles. The van der Waals surface area contributed by atoms with Crippen LogP contribution in [0.15, 0.2) is 30.3 Å². The summed E-state index contributed by atoms with van der Waals surface area (Å²) in [6.07, 6.45) is 5.37. The van der Waals surface area contributed by atoms with Gasteiger partial charge >= 0.3 is 0 Å². The van der Waals surface area contributed by atoms with Crippen molar-refractivity contribution in [3.8, 4) is 0 Å². The molecule has 1 aliphatic heterocycles. The van der Waals surface area contributed by atoms with Gasteiger partial charge in [-0.3, -0.25) is 9.80 Å². The maximum absolute atomic E-state index is 13.1. The van der Waals surface area contributed by atoms with E-state index in [0.717, 1.165) is 31.4 Å². The second kappa shape index (κ2) is 4.06. The third kappa shape index (κ3) is 1.42. The van der Waals surface area contributed by atoms with Crippen molar-refractivity contribution in [2.24, 2.45) is 23.2 Å². The van der Waals surface area contributed by atoms with Crippen molar-refractivity contribution in [3.63, 3.8) is 0 Å². The molecule has 0 radical (unpaired) electrons. The maximum Gasteiger partial charge on any atom is 0.268 e. The number of amides is 1. The van der Waals surface area contributed by atoms with E-state index >= 15 is 0 Å². The zero-order valence-electron chi connectivity index (χ0n) is 15.0. The third-order valence-electron chi connectivity index (χ3n) is 8.46. The lowest BCUT2D eigenvalue weighted by Crippen LogP contribution is -2.79. The van der Waals surface area contributed by atoms with Gasteiger partial charge in [-0.15, -0.1) is 0 Å². The van der Waals surface area contributed by atoms with E-state index in [1.807, 2.05) is 32.0 Å². The van der Waals surface area contributed by atoms with Gasteiger partial charge in [0, 0.05) is 5.41 Å². The van der Waals surface area contributed by atoms with Crippen LogP contribution in [0.3, 0.4) is 0 Å². The number of anilines is 1. The number of fused-ring (bicyclic) bond motifs is 2. The predicted molar refractivity (Wildman–Crippen MR) is 94.6 cm³/mol. The average molecular weight is 338 g/mol. The number of aliphatic hydroxyl groups is 1. The molecule has 5 fully saturated rings. The number of para-hydroxylation sites is 1. The normalized spacial score (nSPS) is 48.4. The highest BCUT2D eigenvalue weighted by Gasteiger charge is 2.78. The molecule has 25 heavy (non-hydrogen) atoms. The minimum atomic E-state index is -0.479. The van der Waals surface area contributed by atoms with Gasteiger partial charge in [0.25, 0.3) is 5.91 Å². The highest BCUT2D eigenvalue weighted by atomic mass is 16.3. The summed E-state index contributed by atoms with van der Waals surface area (Å²) in [6.45, 7) is 4.06. The van der Waals surface area contributed by atoms with E-state index in [9.17, 15) is 9.90 Å². The van der Waals surface area contributed by atoms with Gasteiger partial charge in [-0.2, -0.15) is 0 Å². The van der Waals surface area contributed by atoms with Crippen molar-refractivity contribution in [2.45, 2.75) is 63.1 Å². The number of benzene rings is 1. The second-order valence-electron chi connectivity index (χ2n) is 9.80. The van der Waals surface area contributed by atoms with Gasteiger partial charge in [0.2, 0.25) is 0 Å². The molecule has 6 rings (SSSR count). The first-order chi connectivity index (χ1) is 11.9. The number of carbonyl (C=O) groups is 1. The van der Waals surface area contributed by atoms with Crippen LogP contribution in [-0.4, -0.2) is 33.2 Å². The van der Waals surface area contributed by atoms with E-state index in [1.165, 1.54) is 6.42 Å². The van der Waals surface area contributed by atoms with Crippen molar-refractivity contribution >= 4 is 11.6 Å². The molecule has 1 N–H and O–H groups in total. The summed E-state index contributed by atoms with van der Waals surface area (Å²) >= 11 is 0. The number of hydrazine groups is 1. The Bertz CT molecular complexity index is 773. The molecule has 3 bridgehead atoms. The molecule has 132 valence electrons. The van der Waals surface area contributed by atoms with Gasteiger partial charge in [0.15, 0.2) is 0 Å². The standard InChI is InChI=1S/C21H26N2O2/c1-19(2)18(24)22(23(19)16-6-4-3-5-7-16)17-13-8-15-12-21(25)11-14(17)10-20(15,21)9-13/h3-7,13-15,17,25H,8-12H2,1-2H3/t13?,14?,15?,17-,20?,21-/m0/s1. The highest BCUT2D eigenvalue weighted by Crippen LogP contribution is 2.77. The van der Waals surface area contributed by atoms with Crippen molar-refractivity contribution in [1.82, 2.24) is 5.01 Å². The number of carbonyl (C=O) groups excluding carboxylic acids is 1. The number of rotatable bonds is 2. The first-order valence-electron chi connectivity index (χ1n) is 9.79. The molecule has 4 heteroatoms. The molecule has 1 spiro atoms. The quantitative estimate of drug-likeness (QED) is 0.902. The van der Waals surface area contributed by atoms with E-state index < -0.39 is 11.1 Å².